The molecule has 2 rings (SSSR count). The zero-order chi connectivity index (χ0) is 13.7. The van der Waals surface area contributed by atoms with Gasteiger partial charge in [-0.2, -0.15) is 0 Å². The van der Waals surface area contributed by atoms with Crippen molar-refractivity contribution in [3.63, 3.8) is 0 Å². The maximum absolute atomic E-state index is 4.09. The second kappa shape index (κ2) is 5.85. The van der Waals surface area contributed by atoms with Crippen LogP contribution in [0.4, 0.5) is 0 Å². The number of rotatable bonds is 5. The van der Waals surface area contributed by atoms with Crippen LogP contribution in [0.15, 0.2) is 73.3 Å². The highest BCUT2D eigenvalue weighted by molar-refractivity contribution is 5.33. The Balaban J connectivity index is 2.44. The number of hydrogen-bond donors (Lipinski definition) is 0. The molecule has 0 heterocycles. The molecule has 0 saturated heterocycles. The Bertz CT molecular complexity index is 516. The first-order chi connectivity index (χ1) is 9.19. The van der Waals surface area contributed by atoms with Gasteiger partial charge < -0.3 is 0 Å². The summed E-state index contributed by atoms with van der Waals surface area (Å²) in [6.45, 7) is 4.09. The van der Waals surface area contributed by atoms with Crippen LogP contribution in [-0.4, -0.2) is 19.0 Å². The maximum Gasteiger partial charge on any atom is 0.0678 e. The van der Waals surface area contributed by atoms with Crippen molar-refractivity contribution in [1.82, 2.24) is 4.90 Å². The molecule has 0 fully saturated rings. The van der Waals surface area contributed by atoms with Gasteiger partial charge in [0.05, 0.1) is 5.54 Å². The van der Waals surface area contributed by atoms with E-state index in [1.165, 1.54) is 11.1 Å². The van der Waals surface area contributed by atoms with E-state index < -0.39 is 0 Å². The van der Waals surface area contributed by atoms with Crippen LogP contribution in [0.1, 0.15) is 11.1 Å². The number of nitrogens with zero attached hydrogens (tertiary/aromatic N) is 1. The first kappa shape index (κ1) is 13.6. The van der Waals surface area contributed by atoms with Gasteiger partial charge in [0.25, 0.3) is 0 Å². The van der Waals surface area contributed by atoms with Crippen molar-refractivity contribution in [2.75, 3.05) is 14.1 Å². The molecule has 0 aromatic heterocycles. The first-order valence-corrected chi connectivity index (χ1v) is 6.59. The fourth-order valence-corrected chi connectivity index (χ4v) is 2.52. The molecule has 0 spiro atoms. The van der Waals surface area contributed by atoms with Gasteiger partial charge in [0.1, 0.15) is 0 Å². The van der Waals surface area contributed by atoms with E-state index in [1.807, 2.05) is 0 Å². The lowest BCUT2D eigenvalue weighted by Crippen LogP contribution is -2.41. The molecule has 0 saturated carbocycles. The SMILES string of the molecule is C=CC(Cc1ccccc1)(c1ccccc1)N(C)C. The summed E-state index contributed by atoms with van der Waals surface area (Å²) in [5.74, 6) is 0. The fourth-order valence-electron chi connectivity index (χ4n) is 2.52. The molecule has 0 aliphatic rings. The molecule has 0 amide bonds. The lowest BCUT2D eigenvalue weighted by molar-refractivity contribution is 0.208. The molecule has 0 bridgehead atoms. The van der Waals surface area contributed by atoms with Crippen LogP contribution in [-0.2, 0) is 12.0 Å². The smallest absolute Gasteiger partial charge is 0.0678 e. The number of likely N-dealkylation sites (N-methyl/N-ethyl adjacent to an activating group) is 1. The van der Waals surface area contributed by atoms with Crippen molar-refractivity contribution in [3.05, 3.63) is 84.4 Å². The van der Waals surface area contributed by atoms with Gasteiger partial charge in [0.15, 0.2) is 0 Å². The van der Waals surface area contributed by atoms with E-state index in [0.29, 0.717) is 0 Å². The van der Waals surface area contributed by atoms with Gasteiger partial charge in [-0.05, 0) is 31.6 Å². The van der Waals surface area contributed by atoms with Crippen LogP contribution in [0.25, 0.3) is 0 Å². The van der Waals surface area contributed by atoms with Crippen molar-refractivity contribution in [1.29, 1.82) is 0 Å². The lowest BCUT2D eigenvalue weighted by atomic mass is 9.83. The van der Waals surface area contributed by atoms with Gasteiger partial charge in [0.2, 0.25) is 0 Å². The first-order valence-electron chi connectivity index (χ1n) is 6.59. The minimum Gasteiger partial charge on any atom is -0.296 e. The van der Waals surface area contributed by atoms with Gasteiger partial charge in [-0.25, -0.2) is 0 Å². The highest BCUT2D eigenvalue weighted by Gasteiger charge is 2.31. The molecule has 1 nitrogen and oxygen atoms in total. The Morgan fingerprint density at radius 3 is 1.95 bits per heavy atom. The van der Waals surface area contributed by atoms with Gasteiger partial charge in [-0.3, -0.25) is 4.90 Å². The Hall–Kier alpha value is -1.86. The Kier molecular flexibility index (Phi) is 4.18. The van der Waals surface area contributed by atoms with Crippen LogP contribution in [0.2, 0.25) is 0 Å². The second-order valence-electron chi connectivity index (χ2n) is 5.05. The van der Waals surface area contributed by atoms with Crippen molar-refractivity contribution in [2.45, 2.75) is 12.0 Å². The zero-order valence-electron chi connectivity index (χ0n) is 11.7. The van der Waals surface area contributed by atoms with E-state index in [4.69, 9.17) is 0 Å². The molecule has 19 heavy (non-hydrogen) atoms. The predicted molar refractivity (Wildman–Crippen MR) is 82.2 cm³/mol. The summed E-state index contributed by atoms with van der Waals surface area (Å²) in [5.41, 5.74) is 2.43. The molecule has 1 atom stereocenters. The third-order valence-electron chi connectivity index (χ3n) is 3.73. The zero-order valence-corrected chi connectivity index (χ0v) is 11.7. The summed E-state index contributed by atoms with van der Waals surface area (Å²) >= 11 is 0. The number of hydrogen-bond acceptors (Lipinski definition) is 1. The summed E-state index contributed by atoms with van der Waals surface area (Å²) in [7, 11) is 4.22. The Labute approximate surface area is 116 Å². The summed E-state index contributed by atoms with van der Waals surface area (Å²) in [4.78, 5) is 2.24. The van der Waals surface area contributed by atoms with E-state index in [1.54, 1.807) is 0 Å². The van der Waals surface area contributed by atoms with E-state index in [-0.39, 0.29) is 5.54 Å². The van der Waals surface area contributed by atoms with Crippen LogP contribution >= 0.6 is 0 Å². The van der Waals surface area contributed by atoms with Crippen molar-refractivity contribution >= 4 is 0 Å². The molecule has 1 heteroatoms. The molecular weight excluding hydrogens is 230 g/mol. The maximum atomic E-state index is 4.09. The van der Waals surface area contributed by atoms with E-state index >= 15 is 0 Å². The van der Waals surface area contributed by atoms with Crippen molar-refractivity contribution < 1.29 is 0 Å². The van der Waals surface area contributed by atoms with Crippen molar-refractivity contribution in [2.24, 2.45) is 0 Å². The van der Waals surface area contributed by atoms with Crippen LogP contribution in [0.3, 0.4) is 0 Å². The van der Waals surface area contributed by atoms with Crippen molar-refractivity contribution in [3.8, 4) is 0 Å². The largest absolute Gasteiger partial charge is 0.296 e. The predicted octanol–water partition coefficient (Wildman–Crippen LogP) is 3.87. The summed E-state index contributed by atoms with van der Waals surface area (Å²) < 4.78 is 0. The second-order valence-corrected chi connectivity index (χ2v) is 5.05. The summed E-state index contributed by atoms with van der Waals surface area (Å²) in [6, 6.07) is 21.1. The lowest BCUT2D eigenvalue weighted by Gasteiger charge is -2.38. The highest BCUT2D eigenvalue weighted by Crippen LogP contribution is 2.31. The number of benzene rings is 2. The molecular formula is C18H21N. The minimum atomic E-state index is -0.164. The normalized spacial score (nSPS) is 14.1. The molecule has 0 radical (unpaired) electrons. The molecule has 2 aromatic carbocycles. The monoisotopic (exact) mass is 251 g/mol. The van der Waals surface area contributed by atoms with Crippen LogP contribution < -0.4 is 0 Å². The van der Waals surface area contributed by atoms with Crippen LogP contribution in [0.5, 0.6) is 0 Å². The third kappa shape index (κ3) is 2.77. The third-order valence-corrected chi connectivity index (χ3v) is 3.73. The van der Waals surface area contributed by atoms with Gasteiger partial charge in [0, 0.05) is 0 Å². The average molecular weight is 251 g/mol. The quantitative estimate of drug-likeness (QED) is 0.729. The molecule has 98 valence electrons. The molecule has 0 aliphatic heterocycles. The van der Waals surface area contributed by atoms with E-state index in [9.17, 15) is 0 Å². The highest BCUT2D eigenvalue weighted by atomic mass is 15.1. The van der Waals surface area contributed by atoms with Gasteiger partial charge >= 0.3 is 0 Å². The minimum absolute atomic E-state index is 0.164. The van der Waals surface area contributed by atoms with E-state index in [0.717, 1.165) is 6.42 Å². The molecule has 0 aliphatic carbocycles. The van der Waals surface area contributed by atoms with E-state index in [2.05, 4.69) is 92.3 Å². The average Bonchev–Trinajstić information content (AvgIpc) is 2.46. The summed E-state index contributed by atoms with van der Waals surface area (Å²) in [5, 5.41) is 0. The Morgan fingerprint density at radius 1 is 0.947 bits per heavy atom. The standard InChI is InChI=1S/C18H21N/c1-4-18(19(2)3,17-13-9-6-10-14-17)15-16-11-7-5-8-12-16/h4-14H,1,15H2,2-3H3. The summed E-state index contributed by atoms with van der Waals surface area (Å²) in [6.07, 6.45) is 2.98. The topological polar surface area (TPSA) is 3.24 Å². The van der Waals surface area contributed by atoms with Gasteiger partial charge in [-0.15, -0.1) is 6.58 Å². The molecule has 2 aromatic rings. The van der Waals surface area contributed by atoms with Gasteiger partial charge in [-0.1, -0.05) is 66.7 Å². The molecule has 0 N–H and O–H groups in total. The Morgan fingerprint density at radius 2 is 1.47 bits per heavy atom. The fraction of sp³-hybridized carbons (Fsp3) is 0.222. The van der Waals surface area contributed by atoms with Crippen LogP contribution in [0, 0.1) is 0 Å². The molecule has 1 unspecified atom stereocenters.